The summed E-state index contributed by atoms with van der Waals surface area (Å²) in [4.78, 5) is 2.21. The maximum absolute atomic E-state index is 11.6. The average Bonchev–Trinajstić information content (AvgIpc) is 2.96. The van der Waals surface area contributed by atoms with Gasteiger partial charge in [-0.15, -0.1) is 5.10 Å². The van der Waals surface area contributed by atoms with Gasteiger partial charge in [-0.05, 0) is 36.2 Å². The van der Waals surface area contributed by atoms with Crippen molar-refractivity contribution >= 4 is 9.84 Å². The van der Waals surface area contributed by atoms with Crippen LogP contribution in [0.4, 0.5) is 0 Å². The Morgan fingerprint density at radius 2 is 2.15 bits per heavy atom. The van der Waals surface area contributed by atoms with Crippen LogP contribution in [-0.2, 0) is 22.9 Å². The van der Waals surface area contributed by atoms with Crippen LogP contribution in [0.15, 0.2) is 0 Å². The first-order chi connectivity index (χ1) is 9.55. The van der Waals surface area contributed by atoms with Gasteiger partial charge >= 0.3 is 0 Å². The second-order valence-electron chi connectivity index (χ2n) is 5.35. The van der Waals surface area contributed by atoms with E-state index in [1.165, 1.54) is 0 Å². The maximum Gasteiger partial charge on any atom is 0.165 e. The lowest BCUT2D eigenvalue weighted by atomic mass is 10.2. The highest BCUT2D eigenvalue weighted by Gasteiger charge is 2.32. The number of rotatable bonds is 7. The van der Waals surface area contributed by atoms with Crippen molar-refractivity contribution in [3.8, 4) is 0 Å². The van der Waals surface area contributed by atoms with Crippen molar-refractivity contribution in [2.75, 3.05) is 18.1 Å². The molecule has 1 unspecified atom stereocenters. The summed E-state index contributed by atoms with van der Waals surface area (Å²) in [5.74, 6) is 1.39. The molecule has 0 radical (unpaired) electrons. The molecule has 1 aromatic heterocycles. The molecule has 0 aromatic carbocycles. The predicted octanol–water partition coefficient (Wildman–Crippen LogP) is 0.482. The normalized spacial score (nSPS) is 21.6. The number of hydrogen-bond acceptors (Lipinski definition) is 6. The second kappa shape index (κ2) is 6.62. The Hall–Kier alpha value is -1.02. The van der Waals surface area contributed by atoms with Crippen molar-refractivity contribution in [3.63, 3.8) is 0 Å². The molecular weight excluding hydrogens is 278 g/mol. The van der Waals surface area contributed by atoms with Crippen molar-refractivity contribution in [1.82, 2.24) is 25.1 Å². The summed E-state index contributed by atoms with van der Waals surface area (Å²) >= 11 is 0. The van der Waals surface area contributed by atoms with Crippen molar-refractivity contribution in [2.24, 2.45) is 0 Å². The van der Waals surface area contributed by atoms with E-state index in [4.69, 9.17) is 0 Å². The van der Waals surface area contributed by atoms with Crippen molar-refractivity contribution in [3.05, 3.63) is 5.82 Å². The number of aryl methyl sites for hydroxylation is 1. The minimum Gasteiger partial charge on any atom is -0.292 e. The molecule has 0 bridgehead atoms. The van der Waals surface area contributed by atoms with Gasteiger partial charge in [-0.1, -0.05) is 13.8 Å². The van der Waals surface area contributed by atoms with Crippen LogP contribution < -0.4 is 0 Å². The van der Waals surface area contributed by atoms with Gasteiger partial charge < -0.3 is 0 Å². The first-order valence-electron chi connectivity index (χ1n) is 7.25. The van der Waals surface area contributed by atoms with Gasteiger partial charge in [0.2, 0.25) is 0 Å². The van der Waals surface area contributed by atoms with Crippen molar-refractivity contribution < 1.29 is 8.42 Å². The summed E-state index contributed by atoms with van der Waals surface area (Å²) < 4.78 is 25.1. The molecule has 2 rings (SSSR count). The molecule has 1 aromatic rings. The molecule has 0 amide bonds. The molecule has 1 aliphatic heterocycles. The Morgan fingerprint density at radius 3 is 2.75 bits per heavy atom. The van der Waals surface area contributed by atoms with E-state index in [0.29, 0.717) is 12.3 Å². The van der Waals surface area contributed by atoms with E-state index < -0.39 is 9.84 Å². The van der Waals surface area contributed by atoms with Gasteiger partial charge in [0.1, 0.15) is 0 Å². The van der Waals surface area contributed by atoms with E-state index in [2.05, 4.69) is 34.3 Å². The molecule has 114 valence electrons. The monoisotopic (exact) mass is 301 g/mol. The van der Waals surface area contributed by atoms with Gasteiger partial charge in [0.15, 0.2) is 15.7 Å². The lowest BCUT2D eigenvalue weighted by Crippen LogP contribution is -2.37. The van der Waals surface area contributed by atoms with Crippen LogP contribution >= 0.6 is 0 Å². The Morgan fingerprint density at radius 1 is 1.35 bits per heavy atom. The van der Waals surface area contributed by atoms with Gasteiger partial charge in [-0.3, -0.25) is 4.90 Å². The number of nitrogens with zero attached hydrogens (tertiary/aromatic N) is 5. The Bertz CT molecular complexity index is 528. The molecule has 0 N–H and O–H groups in total. The molecule has 8 heteroatoms. The van der Waals surface area contributed by atoms with E-state index in [-0.39, 0.29) is 11.8 Å². The van der Waals surface area contributed by atoms with Crippen LogP contribution in [0.1, 0.15) is 38.9 Å². The predicted molar refractivity (Wildman–Crippen MR) is 75.9 cm³/mol. The van der Waals surface area contributed by atoms with E-state index >= 15 is 0 Å². The Balaban J connectivity index is 2.07. The smallest absolute Gasteiger partial charge is 0.165 e. The third-order valence-corrected chi connectivity index (χ3v) is 5.37. The van der Waals surface area contributed by atoms with Crippen LogP contribution in [0, 0.1) is 0 Å². The van der Waals surface area contributed by atoms with Crippen LogP contribution in [0.25, 0.3) is 0 Å². The number of aromatic nitrogens is 4. The summed E-state index contributed by atoms with van der Waals surface area (Å²) in [6.45, 7) is 6.48. The first-order valence-corrected chi connectivity index (χ1v) is 9.07. The van der Waals surface area contributed by atoms with Crippen LogP contribution in [-0.4, -0.2) is 57.6 Å². The Kier molecular flexibility index (Phi) is 5.09. The third-order valence-electron chi connectivity index (χ3n) is 3.62. The maximum atomic E-state index is 11.6. The highest BCUT2D eigenvalue weighted by atomic mass is 32.2. The third kappa shape index (κ3) is 3.76. The van der Waals surface area contributed by atoms with Gasteiger partial charge in [0, 0.05) is 12.6 Å². The zero-order chi connectivity index (χ0) is 14.6. The van der Waals surface area contributed by atoms with Crippen LogP contribution in [0.2, 0.25) is 0 Å². The van der Waals surface area contributed by atoms with Gasteiger partial charge in [-0.25, -0.2) is 13.1 Å². The molecule has 1 fully saturated rings. The molecule has 0 spiro atoms. The van der Waals surface area contributed by atoms with Crippen LogP contribution in [0.5, 0.6) is 0 Å². The highest BCUT2D eigenvalue weighted by Crippen LogP contribution is 2.19. The van der Waals surface area contributed by atoms with E-state index in [9.17, 15) is 8.42 Å². The topological polar surface area (TPSA) is 81.0 Å². The van der Waals surface area contributed by atoms with Gasteiger partial charge in [0.25, 0.3) is 0 Å². The number of hydrogen-bond donors (Lipinski definition) is 0. The largest absolute Gasteiger partial charge is 0.292 e. The average molecular weight is 301 g/mol. The zero-order valence-corrected chi connectivity index (χ0v) is 13.0. The molecule has 0 aliphatic carbocycles. The standard InChI is InChI=1S/C12H23N5O2S/c1-3-6-16(11-5-8-20(18,19)10-11)9-12-13-14-15-17(12)7-4-2/h11H,3-10H2,1-2H3. The second-order valence-corrected chi connectivity index (χ2v) is 7.57. The zero-order valence-electron chi connectivity index (χ0n) is 12.2. The van der Waals surface area contributed by atoms with E-state index in [1.807, 2.05) is 4.68 Å². The fourth-order valence-electron chi connectivity index (χ4n) is 2.64. The SMILES string of the molecule is CCCN(Cc1nnnn1CCC)C1CCS(=O)(=O)C1. The summed E-state index contributed by atoms with van der Waals surface area (Å²) in [6, 6.07) is 0.103. The summed E-state index contributed by atoms with van der Waals surface area (Å²) in [5, 5.41) is 11.8. The van der Waals surface area contributed by atoms with Crippen molar-refractivity contribution in [2.45, 2.75) is 52.2 Å². The molecule has 2 heterocycles. The van der Waals surface area contributed by atoms with Crippen LogP contribution in [0.3, 0.4) is 0 Å². The van der Waals surface area contributed by atoms with E-state index in [0.717, 1.165) is 38.2 Å². The Labute approximate surface area is 120 Å². The molecule has 0 saturated carbocycles. The first kappa shape index (κ1) is 15.4. The molecule has 1 aliphatic rings. The fourth-order valence-corrected chi connectivity index (χ4v) is 4.41. The van der Waals surface area contributed by atoms with Crippen molar-refractivity contribution in [1.29, 1.82) is 0 Å². The summed E-state index contributed by atoms with van der Waals surface area (Å²) in [6.07, 6.45) is 2.69. The lowest BCUT2D eigenvalue weighted by molar-refractivity contribution is 0.195. The molecular formula is C12H23N5O2S. The molecule has 1 saturated heterocycles. The summed E-state index contributed by atoms with van der Waals surface area (Å²) in [7, 11) is -2.86. The quantitative estimate of drug-likeness (QED) is 0.729. The van der Waals surface area contributed by atoms with Gasteiger partial charge in [0.05, 0.1) is 18.1 Å². The van der Waals surface area contributed by atoms with Gasteiger partial charge in [-0.2, -0.15) is 0 Å². The summed E-state index contributed by atoms with van der Waals surface area (Å²) in [5.41, 5.74) is 0. The number of sulfone groups is 1. The minimum atomic E-state index is -2.86. The lowest BCUT2D eigenvalue weighted by Gasteiger charge is -2.26. The highest BCUT2D eigenvalue weighted by molar-refractivity contribution is 7.91. The molecule has 7 nitrogen and oxygen atoms in total. The molecule has 20 heavy (non-hydrogen) atoms. The fraction of sp³-hybridized carbons (Fsp3) is 0.917. The minimum absolute atomic E-state index is 0.103. The number of tetrazole rings is 1. The van der Waals surface area contributed by atoms with E-state index in [1.54, 1.807) is 0 Å². The molecule has 1 atom stereocenters.